The number of carbonyl (C=O) groups is 2. The lowest BCUT2D eigenvalue weighted by Gasteiger charge is -2.24. The van der Waals surface area contributed by atoms with Crippen molar-refractivity contribution in [3.05, 3.63) is 109 Å². The summed E-state index contributed by atoms with van der Waals surface area (Å²) in [7, 11) is 0. The molecule has 0 aromatic carbocycles. The summed E-state index contributed by atoms with van der Waals surface area (Å²) < 4.78 is 5.80. The summed E-state index contributed by atoms with van der Waals surface area (Å²) in [5.41, 5.74) is 0. The number of hydrogen-bond donors (Lipinski definition) is 3. The van der Waals surface area contributed by atoms with Crippen molar-refractivity contribution in [2.75, 3.05) is 6.61 Å². The molecule has 6 heteroatoms. The Bertz CT molecular complexity index is 1220. The van der Waals surface area contributed by atoms with Gasteiger partial charge in [-0.25, -0.2) is 0 Å². The summed E-state index contributed by atoms with van der Waals surface area (Å²) in [6, 6.07) is -0.751. The molecule has 0 spiro atoms. The molecule has 1 amide bonds. The number of allylic oxidation sites excluding steroid dienone is 17. The van der Waals surface area contributed by atoms with Crippen LogP contribution < -0.4 is 5.32 Å². The van der Waals surface area contributed by atoms with Gasteiger partial charge in [0.25, 0.3) is 0 Å². The van der Waals surface area contributed by atoms with E-state index in [0.29, 0.717) is 19.3 Å². The zero-order chi connectivity index (χ0) is 42.4. The molecule has 0 aromatic rings. The number of aliphatic hydroxyl groups excluding tert-OH is 2. The predicted molar refractivity (Wildman–Crippen MR) is 250 cm³/mol. The molecule has 0 radical (unpaired) electrons. The predicted octanol–water partition coefficient (Wildman–Crippen LogP) is 13.6. The molecular weight excluding hydrogens is 719 g/mol. The van der Waals surface area contributed by atoms with Gasteiger partial charge in [-0.1, -0.05) is 214 Å². The van der Waals surface area contributed by atoms with E-state index in [1.165, 1.54) is 57.8 Å². The van der Waals surface area contributed by atoms with E-state index in [9.17, 15) is 19.8 Å². The smallest absolute Gasteiger partial charge is 0.306 e. The van der Waals surface area contributed by atoms with Gasteiger partial charge in [-0.15, -0.1) is 0 Å². The fourth-order valence-electron chi connectivity index (χ4n) is 6.26. The molecule has 328 valence electrons. The van der Waals surface area contributed by atoms with Gasteiger partial charge >= 0.3 is 5.97 Å². The molecular formula is C52H85NO5. The Balaban J connectivity index is 4.78. The van der Waals surface area contributed by atoms with Crippen LogP contribution in [0.2, 0.25) is 0 Å². The second-order valence-electron chi connectivity index (χ2n) is 15.2. The van der Waals surface area contributed by atoms with Crippen molar-refractivity contribution in [3.8, 4) is 0 Å². The van der Waals surface area contributed by atoms with Crippen molar-refractivity contribution in [2.24, 2.45) is 0 Å². The minimum absolute atomic E-state index is 0.0383. The fraction of sp³-hybridized carbons (Fsp3) is 0.615. The summed E-state index contributed by atoms with van der Waals surface area (Å²) in [6.45, 7) is 6.15. The molecule has 3 N–H and O–H groups in total. The van der Waals surface area contributed by atoms with Gasteiger partial charge in [-0.2, -0.15) is 0 Å². The zero-order valence-corrected chi connectivity index (χ0v) is 37.1. The van der Waals surface area contributed by atoms with Crippen LogP contribution in [0.15, 0.2) is 109 Å². The number of rotatable bonds is 39. The Kier molecular flexibility index (Phi) is 41.9. The van der Waals surface area contributed by atoms with Crippen molar-refractivity contribution >= 4 is 11.9 Å². The fourth-order valence-corrected chi connectivity index (χ4v) is 6.26. The molecule has 0 aliphatic heterocycles. The summed E-state index contributed by atoms with van der Waals surface area (Å²) in [5.74, 6) is -0.658. The molecule has 3 atom stereocenters. The second-order valence-corrected chi connectivity index (χ2v) is 15.2. The lowest BCUT2D eigenvalue weighted by atomic mass is 10.0. The Morgan fingerprint density at radius 2 is 1.03 bits per heavy atom. The van der Waals surface area contributed by atoms with E-state index in [2.05, 4.69) is 80.8 Å². The summed E-state index contributed by atoms with van der Waals surface area (Å²) in [4.78, 5) is 25.9. The third kappa shape index (κ3) is 39.4. The number of amides is 1. The third-order valence-electron chi connectivity index (χ3n) is 9.73. The molecule has 0 aromatic heterocycles. The van der Waals surface area contributed by atoms with Crippen molar-refractivity contribution in [1.82, 2.24) is 5.32 Å². The van der Waals surface area contributed by atoms with E-state index in [1.807, 2.05) is 54.7 Å². The largest absolute Gasteiger partial charge is 0.461 e. The monoisotopic (exact) mass is 804 g/mol. The molecule has 0 bridgehead atoms. The van der Waals surface area contributed by atoms with Gasteiger partial charge in [0.15, 0.2) is 0 Å². The molecule has 58 heavy (non-hydrogen) atoms. The van der Waals surface area contributed by atoms with Crippen LogP contribution in [0.1, 0.15) is 181 Å². The maximum absolute atomic E-state index is 13.1. The van der Waals surface area contributed by atoms with Gasteiger partial charge in [0.2, 0.25) is 5.91 Å². The van der Waals surface area contributed by atoms with Crippen LogP contribution >= 0.6 is 0 Å². The maximum atomic E-state index is 13.1. The van der Waals surface area contributed by atoms with Crippen LogP contribution in [-0.2, 0) is 14.3 Å². The highest BCUT2D eigenvalue weighted by Gasteiger charge is 2.23. The Morgan fingerprint density at radius 3 is 1.59 bits per heavy atom. The number of nitrogens with one attached hydrogen (secondary N) is 1. The highest BCUT2D eigenvalue weighted by atomic mass is 16.5. The van der Waals surface area contributed by atoms with Gasteiger partial charge in [-0.3, -0.25) is 9.59 Å². The number of ether oxygens (including phenoxy) is 1. The van der Waals surface area contributed by atoms with Crippen LogP contribution in [0.3, 0.4) is 0 Å². The highest BCUT2D eigenvalue weighted by Crippen LogP contribution is 2.15. The molecule has 0 saturated carbocycles. The third-order valence-corrected chi connectivity index (χ3v) is 9.73. The van der Waals surface area contributed by atoms with Crippen LogP contribution in [0.25, 0.3) is 0 Å². The molecule has 3 unspecified atom stereocenters. The summed E-state index contributed by atoms with van der Waals surface area (Å²) in [5, 5.41) is 23.6. The molecule has 6 nitrogen and oxygen atoms in total. The van der Waals surface area contributed by atoms with Gasteiger partial charge in [0, 0.05) is 12.8 Å². The van der Waals surface area contributed by atoms with Gasteiger partial charge in [-0.05, 0) is 57.8 Å². The van der Waals surface area contributed by atoms with E-state index < -0.39 is 18.2 Å². The lowest BCUT2D eigenvalue weighted by molar-refractivity contribution is -0.150. The number of esters is 1. The van der Waals surface area contributed by atoms with Gasteiger partial charge in [0.05, 0.1) is 25.2 Å². The minimum atomic E-state index is -0.828. The van der Waals surface area contributed by atoms with Crippen molar-refractivity contribution in [3.63, 3.8) is 0 Å². The normalized spacial score (nSPS) is 14.4. The van der Waals surface area contributed by atoms with Crippen LogP contribution in [0.4, 0.5) is 0 Å². The average Bonchev–Trinajstić information content (AvgIpc) is 3.22. The average molecular weight is 804 g/mol. The van der Waals surface area contributed by atoms with E-state index in [-0.39, 0.29) is 24.9 Å². The first-order valence-electron chi connectivity index (χ1n) is 23.2. The Hall–Kier alpha value is -3.48. The second kappa shape index (κ2) is 44.6. The van der Waals surface area contributed by atoms with E-state index in [0.717, 1.165) is 77.0 Å². The first kappa shape index (κ1) is 54.5. The lowest BCUT2D eigenvalue weighted by Crippen LogP contribution is -2.46. The molecule has 0 rings (SSSR count). The van der Waals surface area contributed by atoms with Crippen molar-refractivity contribution in [2.45, 2.75) is 200 Å². The quantitative estimate of drug-likeness (QED) is 0.0249. The maximum Gasteiger partial charge on any atom is 0.306 e. The number of carbonyl (C=O) groups excluding carboxylic acids is 2. The molecule has 0 fully saturated rings. The first-order valence-corrected chi connectivity index (χ1v) is 23.2. The number of hydrogen-bond acceptors (Lipinski definition) is 5. The van der Waals surface area contributed by atoms with E-state index >= 15 is 0 Å². The van der Waals surface area contributed by atoms with Crippen molar-refractivity contribution < 1.29 is 24.5 Å². The Morgan fingerprint density at radius 1 is 0.552 bits per heavy atom. The minimum Gasteiger partial charge on any atom is -0.461 e. The molecule has 0 aliphatic rings. The zero-order valence-electron chi connectivity index (χ0n) is 37.1. The van der Waals surface area contributed by atoms with E-state index in [4.69, 9.17) is 4.74 Å². The molecule has 0 aliphatic carbocycles. The highest BCUT2D eigenvalue weighted by molar-refractivity contribution is 5.77. The van der Waals surface area contributed by atoms with Crippen LogP contribution in [-0.4, -0.2) is 46.9 Å². The topological polar surface area (TPSA) is 95.9 Å². The Labute approximate surface area is 356 Å². The standard InChI is InChI=1S/C52H85NO5/c1-4-7-10-13-16-19-22-24-25-26-27-30-33-36-39-42-45-52(57)58-48(43-40-37-34-31-28-21-18-15-12-9-6-3)46-51(56)53-49(47-54)50(55)44-41-38-35-32-29-23-20-17-14-11-8-5-2/h7,9-10,12,15-16,18-19,21,24-25,27-28,30-31,34,37,40,48-50,54-55H,4-6,8,11,13-14,17,20,22-23,26,29,32-33,35-36,38-39,41-47H2,1-3H3,(H,53,56)/b10-7+,12-9+,18-15+,19-16+,25-24+,28-21-,30-27+,34-31-,40-37+. The molecule has 0 saturated heterocycles. The van der Waals surface area contributed by atoms with Crippen molar-refractivity contribution in [1.29, 1.82) is 0 Å². The van der Waals surface area contributed by atoms with Gasteiger partial charge < -0.3 is 20.3 Å². The molecule has 0 heterocycles. The van der Waals surface area contributed by atoms with Crippen LogP contribution in [0.5, 0.6) is 0 Å². The first-order chi connectivity index (χ1) is 28.5. The summed E-state index contributed by atoms with van der Waals surface area (Å²) in [6.07, 6.45) is 60.3. The van der Waals surface area contributed by atoms with E-state index in [1.54, 1.807) is 0 Å². The van der Waals surface area contributed by atoms with Crippen LogP contribution in [0, 0.1) is 0 Å². The SMILES string of the molecule is CC/C=C/C=C/C=C\C=C/C=C/CC(CC(=O)NC(CO)C(O)CCCCCCCCCCCCCC)OC(=O)CCCCC/C=C/C/C=C/C/C=C/C/C=C/CC. The number of unbranched alkanes of at least 4 members (excludes halogenated alkanes) is 14. The number of aliphatic hydroxyl groups is 2. The summed E-state index contributed by atoms with van der Waals surface area (Å²) >= 11 is 0. The van der Waals surface area contributed by atoms with Gasteiger partial charge in [0.1, 0.15) is 6.10 Å².